The van der Waals surface area contributed by atoms with Gasteiger partial charge >= 0.3 is 5.97 Å². The maximum absolute atomic E-state index is 12.0. The van der Waals surface area contributed by atoms with E-state index in [4.69, 9.17) is 18.7 Å². The second kappa shape index (κ2) is 9.80. The molecular weight excluding hydrogens is 460 g/mol. The van der Waals surface area contributed by atoms with E-state index in [1.807, 2.05) is 25.1 Å². The topological polar surface area (TPSA) is 83.7 Å². The van der Waals surface area contributed by atoms with E-state index < -0.39 is 0 Å². The molecule has 0 fully saturated rings. The zero-order chi connectivity index (χ0) is 20.8. The number of halogens is 1. The second-order valence-corrected chi connectivity index (χ2v) is 7.87. The number of hydrogen-bond donors (Lipinski definition) is 0. The maximum Gasteiger partial charge on any atom is 0.316 e. The van der Waals surface area contributed by atoms with Gasteiger partial charge < -0.3 is 18.7 Å². The highest BCUT2D eigenvalue weighted by Gasteiger charge is 2.14. The number of esters is 1. The molecule has 0 bridgehead atoms. The number of nitrogens with zero attached hydrogens (tertiary/aromatic N) is 2. The number of carbonyl (C=O) groups is 1. The number of thioether (sulfide) groups is 1. The van der Waals surface area contributed by atoms with Crippen molar-refractivity contribution in [1.82, 2.24) is 10.1 Å². The van der Waals surface area contributed by atoms with Crippen LogP contribution in [-0.4, -0.2) is 36.1 Å². The highest BCUT2D eigenvalue weighted by molar-refractivity contribution is 9.10. The Labute approximate surface area is 180 Å². The molecule has 1 aromatic heterocycles. The number of ether oxygens (including phenoxy) is 3. The van der Waals surface area contributed by atoms with Crippen LogP contribution in [0.15, 0.2) is 50.3 Å². The highest BCUT2D eigenvalue weighted by Crippen LogP contribution is 2.31. The molecule has 0 atom stereocenters. The summed E-state index contributed by atoms with van der Waals surface area (Å²) in [6.07, 6.45) is 0. The summed E-state index contributed by atoms with van der Waals surface area (Å²) < 4.78 is 21.9. The molecule has 0 saturated carbocycles. The summed E-state index contributed by atoms with van der Waals surface area (Å²) in [5.74, 6) is 1.59. The minimum atomic E-state index is -0.358. The van der Waals surface area contributed by atoms with Crippen LogP contribution >= 0.6 is 27.7 Å². The van der Waals surface area contributed by atoms with Crippen molar-refractivity contribution in [2.24, 2.45) is 0 Å². The summed E-state index contributed by atoms with van der Waals surface area (Å²) in [4.78, 5) is 17.3. The van der Waals surface area contributed by atoms with Crippen molar-refractivity contribution in [1.29, 1.82) is 0 Å². The third-order valence-electron chi connectivity index (χ3n) is 3.95. The van der Waals surface area contributed by atoms with Gasteiger partial charge in [0.15, 0.2) is 18.1 Å². The number of benzene rings is 2. The van der Waals surface area contributed by atoms with Crippen molar-refractivity contribution in [2.75, 3.05) is 20.0 Å². The van der Waals surface area contributed by atoms with Crippen molar-refractivity contribution in [2.45, 2.75) is 18.4 Å². The molecule has 0 aliphatic rings. The van der Waals surface area contributed by atoms with Gasteiger partial charge in [0.1, 0.15) is 0 Å². The van der Waals surface area contributed by atoms with Crippen molar-refractivity contribution >= 4 is 33.7 Å². The third-order valence-corrected chi connectivity index (χ3v) is 5.59. The summed E-state index contributed by atoms with van der Waals surface area (Å²) in [6, 6.07) is 11.2. The summed E-state index contributed by atoms with van der Waals surface area (Å²) >= 11 is 4.84. The van der Waals surface area contributed by atoms with E-state index in [1.54, 1.807) is 32.4 Å². The molecule has 2 aromatic carbocycles. The molecule has 0 saturated heterocycles. The molecule has 0 amide bonds. The molecule has 0 spiro atoms. The number of hydrogen-bond acceptors (Lipinski definition) is 8. The normalized spacial score (nSPS) is 10.6. The molecular formula is C20H19BrN2O5S. The third kappa shape index (κ3) is 5.51. The molecule has 3 rings (SSSR count). The lowest BCUT2D eigenvalue weighted by Crippen LogP contribution is -2.07. The van der Waals surface area contributed by atoms with Gasteiger partial charge in [-0.3, -0.25) is 4.79 Å². The lowest BCUT2D eigenvalue weighted by molar-refractivity contribution is -0.142. The van der Waals surface area contributed by atoms with Gasteiger partial charge in [0.25, 0.3) is 5.89 Å². The zero-order valence-electron chi connectivity index (χ0n) is 16.1. The standard InChI is InChI=1S/C20H19BrN2O5S/c1-12-8-14(21)5-7-17(12)29-11-19(24)27-10-18-22-20(23-28-18)13-4-6-15(25-2)16(9-13)26-3/h4-9H,10-11H2,1-3H3. The largest absolute Gasteiger partial charge is 0.493 e. The molecule has 0 aliphatic carbocycles. The Morgan fingerprint density at radius 2 is 1.93 bits per heavy atom. The number of rotatable bonds is 8. The summed E-state index contributed by atoms with van der Waals surface area (Å²) in [5.41, 5.74) is 1.79. The Hall–Kier alpha value is -2.52. The lowest BCUT2D eigenvalue weighted by atomic mass is 10.2. The maximum atomic E-state index is 12.0. The molecule has 29 heavy (non-hydrogen) atoms. The van der Waals surface area contributed by atoms with Crippen molar-refractivity contribution < 1.29 is 23.5 Å². The predicted molar refractivity (Wildman–Crippen MR) is 112 cm³/mol. The SMILES string of the molecule is COc1ccc(-c2noc(COC(=O)CSc3ccc(Br)cc3C)n2)cc1OC. The van der Waals surface area contributed by atoms with Crippen LogP contribution in [0.5, 0.6) is 11.5 Å². The summed E-state index contributed by atoms with van der Waals surface area (Å²) in [6.45, 7) is 1.91. The van der Waals surface area contributed by atoms with Gasteiger partial charge in [-0.2, -0.15) is 4.98 Å². The van der Waals surface area contributed by atoms with Gasteiger partial charge in [-0.15, -0.1) is 11.8 Å². The van der Waals surface area contributed by atoms with E-state index in [-0.39, 0.29) is 24.2 Å². The quantitative estimate of drug-likeness (QED) is 0.341. The van der Waals surface area contributed by atoms with E-state index >= 15 is 0 Å². The minimum Gasteiger partial charge on any atom is -0.493 e. The molecule has 3 aromatic rings. The Balaban J connectivity index is 1.55. The van der Waals surface area contributed by atoms with Crippen molar-refractivity contribution in [3.05, 3.63) is 52.3 Å². The molecule has 1 heterocycles. The Kier molecular flexibility index (Phi) is 7.16. The number of methoxy groups -OCH3 is 2. The Morgan fingerprint density at radius 1 is 1.14 bits per heavy atom. The summed E-state index contributed by atoms with van der Waals surface area (Å²) in [7, 11) is 3.12. The van der Waals surface area contributed by atoms with E-state index in [0.29, 0.717) is 22.9 Å². The summed E-state index contributed by atoms with van der Waals surface area (Å²) in [5, 5.41) is 3.93. The average molecular weight is 479 g/mol. The first-order chi connectivity index (χ1) is 14.0. The van der Waals surface area contributed by atoms with Gasteiger partial charge in [0.2, 0.25) is 5.82 Å². The van der Waals surface area contributed by atoms with E-state index in [9.17, 15) is 4.79 Å². The van der Waals surface area contributed by atoms with Crippen molar-refractivity contribution in [3.63, 3.8) is 0 Å². The molecule has 9 heteroatoms. The van der Waals surface area contributed by atoms with E-state index in [2.05, 4.69) is 26.1 Å². The van der Waals surface area contributed by atoms with Crippen LogP contribution in [0.25, 0.3) is 11.4 Å². The fourth-order valence-corrected chi connectivity index (χ4v) is 3.78. The first-order valence-corrected chi connectivity index (χ1v) is 10.4. The van der Waals surface area contributed by atoms with Gasteiger partial charge in [0.05, 0.1) is 20.0 Å². The van der Waals surface area contributed by atoms with Crippen LogP contribution < -0.4 is 9.47 Å². The second-order valence-electron chi connectivity index (χ2n) is 5.94. The van der Waals surface area contributed by atoms with Crippen LogP contribution in [0.1, 0.15) is 11.5 Å². The predicted octanol–water partition coefficient (Wildman–Crippen LogP) is 4.66. The van der Waals surface area contributed by atoms with Crippen LogP contribution in [0.3, 0.4) is 0 Å². The molecule has 152 valence electrons. The highest BCUT2D eigenvalue weighted by atomic mass is 79.9. The number of aromatic nitrogens is 2. The monoisotopic (exact) mass is 478 g/mol. The van der Waals surface area contributed by atoms with Crippen LogP contribution in [-0.2, 0) is 16.1 Å². The van der Waals surface area contributed by atoms with Gasteiger partial charge in [-0.05, 0) is 48.9 Å². The fraction of sp³-hybridized carbons (Fsp3) is 0.250. The number of aryl methyl sites for hydroxylation is 1. The molecule has 7 nitrogen and oxygen atoms in total. The molecule has 0 N–H and O–H groups in total. The molecule has 0 radical (unpaired) electrons. The van der Waals surface area contributed by atoms with E-state index in [0.717, 1.165) is 14.9 Å². The fourth-order valence-electron chi connectivity index (χ4n) is 2.50. The van der Waals surface area contributed by atoms with Gasteiger partial charge in [-0.1, -0.05) is 21.1 Å². The molecule has 0 aliphatic heterocycles. The Morgan fingerprint density at radius 3 is 2.66 bits per heavy atom. The zero-order valence-corrected chi connectivity index (χ0v) is 18.5. The van der Waals surface area contributed by atoms with Crippen LogP contribution in [0.2, 0.25) is 0 Å². The lowest BCUT2D eigenvalue weighted by Gasteiger charge is -2.07. The van der Waals surface area contributed by atoms with Crippen LogP contribution in [0, 0.1) is 6.92 Å². The number of carbonyl (C=O) groups excluding carboxylic acids is 1. The van der Waals surface area contributed by atoms with Crippen LogP contribution in [0.4, 0.5) is 0 Å². The van der Waals surface area contributed by atoms with Gasteiger partial charge in [-0.25, -0.2) is 0 Å². The minimum absolute atomic E-state index is 0.0843. The van der Waals surface area contributed by atoms with Gasteiger partial charge in [0, 0.05) is 14.9 Å². The smallest absolute Gasteiger partial charge is 0.316 e. The van der Waals surface area contributed by atoms with E-state index in [1.165, 1.54) is 11.8 Å². The average Bonchev–Trinajstić information content (AvgIpc) is 3.20. The molecule has 0 unspecified atom stereocenters. The first-order valence-electron chi connectivity index (χ1n) is 8.59. The first kappa shape index (κ1) is 21.2. The van der Waals surface area contributed by atoms with Crippen molar-refractivity contribution in [3.8, 4) is 22.9 Å². The Bertz CT molecular complexity index is 1010.